The Morgan fingerprint density at radius 2 is 2.00 bits per heavy atom. The quantitative estimate of drug-likeness (QED) is 0.427. The molecule has 0 unspecified atom stereocenters. The Kier molecular flexibility index (Phi) is 6.09. The fourth-order valence-electron chi connectivity index (χ4n) is 2.74. The number of aryl methyl sites for hydroxylation is 1. The van der Waals surface area contributed by atoms with Gasteiger partial charge in [0.25, 0.3) is 5.69 Å². The van der Waals surface area contributed by atoms with Gasteiger partial charge in [0, 0.05) is 37.8 Å². The minimum Gasteiger partial charge on any atom is -0.468 e. The molecule has 0 N–H and O–H groups in total. The Balaban J connectivity index is 2.15. The molecule has 0 saturated carbocycles. The van der Waals surface area contributed by atoms with Crippen LogP contribution in [-0.2, 0) is 19.6 Å². The molecule has 1 aliphatic rings. The van der Waals surface area contributed by atoms with Gasteiger partial charge in [0.15, 0.2) is 0 Å². The summed E-state index contributed by atoms with van der Waals surface area (Å²) >= 11 is 0. The number of hydrogen-bond acceptors (Lipinski definition) is 7. The van der Waals surface area contributed by atoms with Gasteiger partial charge in [-0.2, -0.15) is 4.31 Å². The third-order valence-corrected chi connectivity index (χ3v) is 6.03. The van der Waals surface area contributed by atoms with Crippen LogP contribution in [-0.4, -0.2) is 68.3 Å². The summed E-state index contributed by atoms with van der Waals surface area (Å²) in [5.41, 5.74) is 0.187. The number of nitro benzene ring substituents is 1. The molecular weight excluding hydrogens is 350 g/mol. The van der Waals surface area contributed by atoms with Gasteiger partial charge in [-0.15, -0.1) is 0 Å². The molecular formula is C15H21N3O6S. The van der Waals surface area contributed by atoms with Gasteiger partial charge in [0.1, 0.15) is 0 Å². The molecule has 0 spiro atoms. The van der Waals surface area contributed by atoms with Crippen LogP contribution in [0.25, 0.3) is 0 Å². The smallest absolute Gasteiger partial charge is 0.319 e. The second kappa shape index (κ2) is 7.89. The summed E-state index contributed by atoms with van der Waals surface area (Å²) in [6.45, 7) is 3.23. The van der Waals surface area contributed by atoms with Crippen LogP contribution >= 0.6 is 0 Å². The van der Waals surface area contributed by atoms with E-state index in [1.54, 1.807) is 0 Å². The second-order valence-corrected chi connectivity index (χ2v) is 7.75. The van der Waals surface area contributed by atoms with E-state index in [0.717, 1.165) is 0 Å². The Morgan fingerprint density at radius 1 is 1.28 bits per heavy atom. The number of hydrogen-bond donors (Lipinski definition) is 0. The second-order valence-electron chi connectivity index (χ2n) is 5.82. The lowest BCUT2D eigenvalue weighted by molar-refractivity contribution is -0.385. The minimum absolute atomic E-state index is 0.0389. The predicted octanol–water partition coefficient (Wildman–Crippen LogP) is 0.773. The fraction of sp³-hybridized carbons (Fsp3) is 0.533. The number of nitro groups is 1. The number of benzene rings is 1. The number of methoxy groups -OCH3 is 1. The van der Waals surface area contributed by atoms with Crippen molar-refractivity contribution in [3.8, 4) is 0 Å². The summed E-state index contributed by atoms with van der Waals surface area (Å²) in [5.74, 6) is -0.359. The molecule has 1 aromatic carbocycles. The van der Waals surface area contributed by atoms with Gasteiger partial charge in [-0.05, 0) is 25.5 Å². The van der Waals surface area contributed by atoms with Crippen molar-refractivity contribution in [3.63, 3.8) is 0 Å². The Morgan fingerprint density at radius 3 is 2.60 bits per heavy atom. The molecule has 2 rings (SSSR count). The van der Waals surface area contributed by atoms with Crippen molar-refractivity contribution in [2.75, 3.05) is 39.8 Å². The molecule has 10 heteroatoms. The van der Waals surface area contributed by atoms with Crippen molar-refractivity contribution < 1.29 is 22.9 Å². The van der Waals surface area contributed by atoms with Crippen LogP contribution in [0.1, 0.15) is 12.0 Å². The summed E-state index contributed by atoms with van der Waals surface area (Å²) in [4.78, 5) is 23.6. The number of carbonyl (C=O) groups is 1. The zero-order chi connectivity index (χ0) is 18.6. The lowest BCUT2D eigenvalue weighted by Gasteiger charge is -2.21. The highest BCUT2D eigenvalue weighted by Gasteiger charge is 2.28. The molecule has 1 fully saturated rings. The van der Waals surface area contributed by atoms with Crippen LogP contribution in [0.3, 0.4) is 0 Å². The average molecular weight is 371 g/mol. The Labute approximate surface area is 146 Å². The van der Waals surface area contributed by atoms with Crippen LogP contribution in [0.4, 0.5) is 5.69 Å². The standard InChI is InChI=1S/C15H21N3O6S/c1-12-10-13(4-5-14(12)18(20)21)25(22,23)17-7-3-6-16(8-9-17)11-15(19)24-2/h4-5,10H,3,6-9,11H2,1-2H3. The van der Waals surface area contributed by atoms with Crippen LogP contribution in [0.15, 0.2) is 23.1 Å². The maximum absolute atomic E-state index is 12.8. The molecule has 0 aliphatic carbocycles. The van der Waals surface area contributed by atoms with E-state index in [0.29, 0.717) is 31.6 Å². The molecule has 0 radical (unpaired) electrons. The molecule has 0 amide bonds. The van der Waals surface area contributed by atoms with Crippen molar-refractivity contribution in [2.24, 2.45) is 0 Å². The van der Waals surface area contributed by atoms with E-state index < -0.39 is 14.9 Å². The lowest BCUT2D eigenvalue weighted by atomic mass is 10.2. The summed E-state index contributed by atoms with van der Waals surface area (Å²) < 4.78 is 31.6. The molecule has 0 atom stereocenters. The first-order valence-electron chi connectivity index (χ1n) is 7.80. The highest BCUT2D eigenvalue weighted by molar-refractivity contribution is 7.89. The van der Waals surface area contributed by atoms with Crippen molar-refractivity contribution in [1.82, 2.24) is 9.21 Å². The number of ether oxygens (including phenoxy) is 1. The third kappa shape index (κ3) is 4.53. The topological polar surface area (TPSA) is 110 Å². The number of esters is 1. The van der Waals surface area contributed by atoms with Crippen molar-refractivity contribution in [1.29, 1.82) is 0 Å². The minimum atomic E-state index is -3.74. The van der Waals surface area contributed by atoms with E-state index in [-0.39, 0.29) is 29.6 Å². The highest BCUT2D eigenvalue weighted by atomic mass is 32.2. The van der Waals surface area contributed by atoms with Gasteiger partial charge >= 0.3 is 5.97 Å². The molecule has 0 bridgehead atoms. The zero-order valence-corrected chi connectivity index (χ0v) is 15.0. The summed E-state index contributed by atoms with van der Waals surface area (Å²) in [6.07, 6.45) is 0.586. The van der Waals surface area contributed by atoms with Gasteiger partial charge in [-0.3, -0.25) is 19.8 Å². The molecule has 1 aliphatic heterocycles. The zero-order valence-electron chi connectivity index (χ0n) is 14.2. The van der Waals surface area contributed by atoms with Gasteiger partial charge < -0.3 is 4.74 Å². The predicted molar refractivity (Wildman–Crippen MR) is 89.7 cm³/mol. The molecule has 1 saturated heterocycles. The monoisotopic (exact) mass is 371 g/mol. The van der Waals surface area contributed by atoms with Crippen molar-refractivity contribution in [3.05, 3.63) is 33.9 Å². The van der Waals surface area contributed by atoms with Crippen molar-refractivity contribution in [2.45, 2.75) is 18.2 Å². The first-order chi connectivity index (χ1) is 11.8. The van der Waals surface area contributed by atoms with E-state index in [4.69, 9.17) is 0 Å². The lowest BCUT2D eigenvalue weighted by Crippen LogP contribution is -2.37. The molecule has 25 heavy (non-hydrogen) atoms. The van der Waals surface area contributed by atoms with Gasteiger partial charge in [-0.1, -0.05) is 0 Å². The van der Waals surface area contributed by atoms with Crippen LogP contribution in [0.5, 0.6) is 0 Å². The van der Waals surface area contributed by atoms with Gasteiger partial charge in [0.05, 0.1) is 23.5 Å². The molecule has 9 nitrogen and oxygen atoms in total. The molecule has 1 heterocycles. The SMILES string of the molecule is COC(=O)CN1CCCN(S(=O)(=O)c2ccc([N+](=O)[O-])c(C)c2)CC1. The fourth-order valence-corrected chi connectivity index (χ4v) is 4.29. The van der Waals surface area contributed by atoms with E-state index >= 15 is 0 Å². The maximum atomic E-state index is 12.8. The number of sulfonamides is 1. The third-order valence-electron chi connectivity index (χ3n) is 4.13. The van der Waals surface area contributed by atoms with E-state index in [1.165, 1.54) is 36.5 Å². The number of rotatable bonds is 5. The Bertz CT molecular complexity index is 765. The van der Waals surface area contributed by atoms with Gasteiger partial charge in [0.2, 0.25) is 10.0 Å². The van der Waals surface area contributed by atoms with Crippen LogP contribution in [0.2, 0.25) is 0 Å². The summed E-state index contributed by atoms with van der Waals surface area (Å²) in [5, 5.41) is 10.9. The molecule has 1 aromatic rings. The summed E-state index contributed by atoms with van der Waals surface area (Å²) in [7, 11) is -2.43. The van der Waals surface area contributed by atoms with E-state index in [9.17, 15) is 23.3 Å². The van der Waals surface area contributed by atoms with Gasteiger partial charge in [-0.25, -0.2) is 8.42 Å². The molecule has 0 aromatic heterocycles. The normalized spacial score (nSPS) is 17.0. The number of carbonyl (C=O) groups excluding carboxylic acids is 1. The van der Waals surface area contributed by atoms with Crippen LogP contribution < -0.4 is 0 Å². The Hall–Kier alpha value is -2.04. The van der Waals surface area contributed by atoms with Crippen molar-refractivity contribution >= 4 is 21.7 Å². The highest BCUT2D eigenvalue weighted by Crippen LogP contribution is 2.24. The maximum Gasteiger partial charge on any atom is 0.319 e. The van der Waals surface area contributed by atoms with Crippen LogP contribution in [0, 0.1) is 17.0 Å². The van der Waals surface area contributed by atoms with E-state index in [1.807, 2.05) is 4.90 Å². The largest absolute Gasteiger partial charge is 0.468 e. The number of nitrogens with zero attached hydrogens (tertiary/aromatic N) is 3. The first-order valence-corrected chi connectivity index (χ1v) is 9.24. The first kappa shape index (κ1) is 19.3. The van der Waals surface area contributed by atoms with E-state index in [2.05, 4.69) is 4.74 Å². The molecule has 138 valence electrons. The average Bonchev–Trinajstić information content (AvgIpc) is 2.80. The summed E-state index contributed by atoms with van der Waals surface area (Å²) in [6, 6.07) is 3.80.